The average Bonchev–Trinajstić information content (AvgIpc) is 2.40. The predicted molar refractivity (Wildman–Crippen MR) is 94.9 cm³/mol. The van der Waals surface area contributed by atoms with E-state index in [1.54, 1.807) is 6.07 Å². The van der Waals surface area contributed by atoms with Gasteiger partial charge in [-0.05, 0) is 46.2 Å². The van der Waals surface area contributed by atoms with Gasteiger partial charge in [0.05, 0.1) is 15.1 Å². The number of hydrogen-bond donors (Lipinski definition) is 1. The number of nitrogens with zero attached hydrogens (tertiary/aromatic N) is 1. The molecule has 0 spiro atoms. The van der Waals surface area contributed by atoms with Crippen LogP contribution >= 0.6 is 34.8 Å². The van der Waals surface area contributed by atoms with Crippen molar-refractivity contribution in [2.75, 3.05) is 13.1 Å². The highest BCUT2D eigenvalue weighted by atomic mass is 35.5. The Kier molecular flexibility index (Phi) is 7.80. The van der Waals surface area contributed by atoms with Gasteiger partial charge in [0.1, 0.15) is 0 Å². The molecule has 0 saturated heterocycles. The first-order chi connectivity index (χ1) is 9.75. The zero-order valence-electron chi connectivity index (χ0n) is 13.4. The van der Waals surface area contributed by atoms with Crippen LogP contribution < -0.4 is 5.32 Å². The van der Waals surface area contributed by atoms with Crippen LogP contribution in [0.25, 0.3) is 0 Å². The molecule has 0 aliphatic heterocycles. The molecule has 0 aliphatic rings. The molecule has 0 radical (unpaired) electrons. The van der Waals surface area contributed by atoms with Crippen LogP contribution in [0.3, 0.4) is 0 Å². The molecule has 21 heavy (non-hydrogen) atoms. The zero-order chi connectivity index (χ0) is 16.2. The van der Waals surface area contributed by atoms with Crippen LogP contribution in [0.1, 0.15) is 46.2 Å². The maximum Gasteiger partial charge on any atom is 0.0781 e. The summed E-state index contributed by atoms with van der Waals surface area (Å²) in [6, 6.07) is 4.93. The lowest BCUT2D eigenvalue weighted by atomic mass is 10.1. The van der Waals surface area contributed by atoms with E-state index in [-0.39, 0.29) is 6.04 Å². The van der Waals surface area contributed by atoms with Gasteiger partial charge < -0.3 is 5.32 Å². The number of hydrogen-bond acceptors (Lipinski definition) is 2. The highest BCUT2D eigenvalue weighted by molar-refractivity contribution is 6.48. The monoisotopic (exact) mass is 350 g/mol. The normalized spacial score (nSPS) is 13.5. The fraction of sp³-hybridized carbons (Fsp3) is 0.625. The van der Waals surface area contributed by atoms with Gasteiger partial charge in [0.25, 0.3) is 0 Å². The quantitative estimate of drug-likeness (QED) is 0.660. The Bertz CT molecular complexity index is 453. The van der Waals surface area contributed by atoms with Crippen LogP contribution in [0.5, 0.6) is 0 Å². The molecule has 1 aromatic carbocycles. The second-order valence-electron chi connectivity index (χ2n) is 5.87. The van der Waals surface area contributed by atoms with Crippen molar-refractivity contribution in [2.45, 2.75) is 52.7 Å². The van der Waals surface area contributed by atoms with E-state index in [0.29, 0.717) is 27.2 Å². The molecular formula is C16H25Cl3N2. The minimum Gasteiger partial charge on any atom is -0.309 e. The first kappa shape index (κ1) is 19.1. The minimum atomic E-state index is 0.133. The third kappa shape index (κ3) is 5.30. The van der Waals surface area contributed by atoms with Crippen molar-refractivity contribution in [1.82, 2.24) is 10.2 Å². The fourth-order valence-corrected chi connectivity index (χ4v) is 3.21. The molecule has 1 rings (SSSR count). The molecule has 0 aromatic heterocycles. The van der Waals surface area contributed by atoms with Crippen molar-refractivity contribution in [2.24, 2.45) is 0 Å². The SMILES string of the molecule is CC(NCCN(C(C)C)C(C)C)c1ccc(Cl)c(Cl)c1Cl. The Morgan fingerprint density at radius 2 is 1.52 bits per heavy atom. The summed E-state index contributed by atoms with van der Waals surface area (Å²) in [4.78, 5) is 2.45. The van der Waals surface area contributed by atoms with Gasteiger partial charge in [0.2, 0.25) is 0 Å². The third-order valence-electron chi connectivity index (χ3n) is 3.68. The molecule has 0 heterocycles. The summed E-state index contributed by atoms with van der Waals surface area (Å²) in [5.74, 6) is 0. The molecule has 5 heteroatoms. The van der Waals surface area contributed by atoms with E-state index in [4.69, 9.17) is 34.8 Å². The fourth-order valence-electron chi connectivity index (χ4n) is 2.51. The minimum absolute atomic E-state index is 0.133. The molecule has 1 N–H and O–H groups in total. The smallest absolute Gasteiger partial charge is 0.0781 e. The topological polar surface area (TPSA) is 15.3 Å². The van der Waals surface area contributed by atoms with Gasteiger partial charge in [-0.15, -0.1) is 0 Å². The summed E-state index contributed by atoms with van der Waals surface area (Å²) in [5.41, 5.74) is 0.978. The maximum absolute atomic E-state index is 6.27. The number of benzene rings is 1. The zero-order valence-corrected chi connectivity index (χ0v) is 15.6. The molecule has 120 valence electrons. The lowest BCUT2D eigenvalue weighted by Crippen LogP contribution is -2.41. The highest BCUT2D eigenvalue weighted by Crippen LogP contribution is 2.35. The molecular weight excluding hydrogens is 327 g/mol. The van der Waals surface area contributed by atoms with Gasteiger partial charge in [-0.25, -0.2) is 0 Å². The Balaban J connectivity index is 2.62. The third-order valence-corrected chi connectivity index (χ3v) is 4.99. The van der Waals surface area contributed by atoms with Crippen LogP contribution in [0.2, 0.25) is 15.1 Å². The molecule has 0 fully saturated rings. The van der Waals surface area contributed by atoms with Crippen LogP contribution in [-0.2, 0) is 0 Å². The van der Waals surface area contributed by atoms with Crippen molar-refractivity contribution in [3.63, 3.8) is 0 Å². The predicted octanol–water partition coefficient (Wildman–Crippen LogP) is 5.42. The van der Waals surface area contributed by atoms with Crippen molar-refractivity contribution >= 4 is 34.8 Å². The molecule has 0 saturated carbocycles. The van der Waals surface area contributed by atoms with Gasteiger partial charge >= 0.3 is 0 Å². The molecule has 0 amide bonds. The Labute approximate surface area is 143 Å². The molecule has 0 bridgehead atoms. The van der Waals surface area contributed by atoms with E-state index in [0.717, 1.165) is 18.7 Å². The van der Waals surface area contributed by atoms with E-state index in [1.807, 2.05) is 6.07 Å². The standard InChI is InChI=1S/C16H25Cl3N2/c1-10(2)21(11(3)4)9-8-20-12(5)13-6-7-14(17)16(19)15(13)18/h6-7,10-12,20H,8-9H2,1-5H3. The summed E-state index contributed by atoms with van der Waals surface area (Å²) in [5, 5.41) is 4.95. The lowest BCUT2D eigenvalue weighted by molar-refractivity contribution is 0.174. The highest BCUT2D eigenvalue weighted by Gasteiger charge is 2.16. The van der Waals surface area contributed by atoms with Crippen molar-refractivity contribution in [3.8, 4) is 0 Å². The van der Waals surface area contributed by atoms with E-state index in [2.05, 4.69) is 44.8 Å². The second-order valence-corrected chi connectivity index (χ2v) is 7.03. The number of rotatable bonds is 7. The second kappa shape index (κ2) is 8.59. The Morgan fingerprint density at radius 1 is 0.952 bits per heavy atom. The summed E-state index contributed by atoms with van der Waals surface area (Å²) in [6.07, 6.45) is 0. The van der Waals surface area contributed by atoms with Gasteiger partial charge in [0.15, 0.2) is 0 Å². The van der Waals surface area contributed by atoms with E-state index >= 15 is 0 Å². The average molecular weight is 352 g/mol. The van der Waals surface area contributed by atoms with E-state index < -0.39 is 0 Å². The van der Waals surface area contributed by atoms with Gasteiger partial charge in [-0.3, -0.25) is 4.90 Å². The van der Waals surface area contributed by atoms with Crippen LogP contribution in [-0.4, -0.2) is 30.1 Å². The lowest BCUT2D eigenvalue weighted by Gasteiger charge is -2.31. The summed E-state index contributed by atoms with van der Waals surface area (Å²) < 4.78 is 0. The largest absolute Gasteiger partial charge is 0.309 e. The van der Waals surface area contributed by atoms with E-state index in [9.17, 15) is 0 Å². The van der Waals surface area contributed by atoms with Crippen molar-refractivity contribution in [3.05, 3.63) is 32.8 Å². The summed E-state index contributed by atoms with van der Waals surface area (Å²) in [6.45, 7) is 12.9. The van der Waals surface area contributed by atoms with E-state index in [1.165, 1.54) is 0 Å². The molecule has 0 aliphatic carbocycles. The first-order valence-corrected chi connectivity index (χ1v) is 8.51. The Morgan fingerprint density at radius 3 is 2.05 bits per heavy atom. The molecule has 1 unspecified atom stereocenters. The Hall–Kier alpha value is 0.01000. The molecule has 1 atom stereocenters. The first-order valence-electron chi connectivity index (χ1n) is 7.38. The maximum atomic E-state index is 6.27. The molecule has 1 aromatic rings. The van der Waals surface area contributed by atoms with Crippen LogP contribution in [0.15, 0.2) is 12.1 Å². The number of halogens is 3. The van der Waals surface area contributed by atoms with Crippen LogP contribution in [0.4, 0.5) is 0 Å². The molecule has 2 nitrogen and oxygen atoms in total. The summed E-state index contributed by atoms with van der Waals surface area (Å²) in [7, 11) is 0. The van der Waals surface area contributed by atoms with Crippen molar-refractivity contribution in [1.29, 1.82) is 0 Å². The number of nitrogens with one attached hydrogen (secondary N) is 1. The summed E-state index contributed by atoms with van der Waals surface area (Å²) >= 11 is 18.3. The van der Waals surface area contributed by atoms with Gasteiger partial charge in [0, 0.05) is 31.2 Å². The van der Waals surface area contributed by atoms with Crippen molar-refractivity contribution < 1.29 is 0 Å². The van der Waals surface area contributed by atoms with Crippen LogP contribution in [0, 0.1) is 0 Å². The van der Waals surface area contributed by atoms with Gasteiger partial charge in [-0.1, -0.05) is 40.9 Å². The van der Waals surface area contributed by atoms with Gasteiger partial charge in [-0.2, -0.15) is 0 Å².